The average Bonchev–Trinajstić information content (AvgIpc) is 3.97. The van der Waals surface area contributed by atoms with Gasteiger partial charge in [-0.25, -0.2) is 4.98 Å². The van der Waals surface area contributed by atoms with Crippen LogP contribution in [0.3, 0.4) is 0 Å². The zero-order valence-electron chi connectivity index (χ0n) is 41.7. The molecule has 19 nitrogen and oxygen atoms in total. The Morgan fingerprint density at radius 2 is 1.59 bits per heavy atom. The molecule has 2 aromatic carbocycles. The predicted molar refractivity (Wildman–Crippen MR) is 269 cm³/mol. The molecule has 382 valence electrons. The monoisotopic (exact) mass is 998 g/mol. The number of hydrogen-bond donors (Lipinski definition) is 4. The van der Waals surface area contributed by atoms with E-state index in [0.29, 0.717) is 30.0 Å². The Morgan fingerprint density at radius 3 is 2.24 bits per heavy atom. The highest BCUT2D eigenvalue weighted by atomic mass is 32.1. The van der Waals surface area contributed by atoms with Crippen LogP contribution in [0.1, 0.15) is 44.0 Å². The molecule has 0 unspecified atom stereocenters. The van der Waals surface area contributed by atoms with Crippen molar-refractivity contribution >= 4 is 45.7 Å². The van der Waals surface area contributed by atoms with Gasteiger partial charge >= 0.3 is 0 Å². The molecule has 1 saturated heterocycles. The number of carbonyl (C=O) groups excluding carboxylic acids is 4. The number of likely N-dealkylation sites (tertiary alicyclic amines) is 1. The molecule has 71 heavy (non-hydrogen) atoms. The molecule has 4 heterocycles. The minimum atomic E-state index is -0.987. The van der Waals surface area contributed by atoms with E-state index in [4.69, 9.17) is 23.7 Å². The second-order valence-electron chi connectivity index (χ2n) is 18.5. The first-order valence-electron chi connectivity index (χ1n) is 23.4. The number of rotatable bonds is 24. The Labute approximate surface area is 417 Å². The van der Waals surface area contributed by atoms with Gasteiger partial charge in [0.05, 0.1) is 86.9 Å². The number of aliphatic hydroxyl groups excluding tert-OH is 1. The van der Waals surface area contributed by atoms with Gasteiger partial charge in [0.25, 0.3) is 5.56 Å². The topological polar surface area (TPSA) is 225 Å². The number of likely N-dealkylation sites (N-methyl/N-ethyl adjacent to an activating group) is 1. The number of fused-ring (bicyclic) bond motifs is 1. The van der Waals surface area contributed by atoms with E-state index in [1.54, 1.807) is 56.7 Å². The lowest BCUT2D eigenvalue weighted by molar-refractivity contribution is -0.144. The predicted octanol–water partition coefficient (Wildman–Crippen LogP) is 3.46. The Kier molecular flexibility index (Phi) is 19.2. The maximum Gasteiger partial charge on any atom is 0.259 e. The lowest BCUT2D eigenvalue weighted by Crippen LogP contribution is -2.58. The first-order chi connectivity index (χ1) is 34.0. The fraction of sp³-hybridized carbons (Fsp3) is 0.471. The number of aryl methyl sites for hydroxylation is 2. The lowest BCUT2D eigenvalue weighted by Gasteiger charge is -2.35. The quantitative estimate of drug-likeness (QED) is 0.0651. The SMILES string of the molecule is COc1cc(-c2cn(C)c(=O)c3cnccc23)cc(OC)c1CN(C)CC(=O)NCCOCCOCCOCC(=O)N[C@H](C(=O)N1C[C@H](O)C[C@H]1C(=O)NCc1ccc(-c2scnc2C)cc1)C(C)(C)C. The molecule has 1 fully saturated rings. The number of aromatic nitrogens is 3. The van der Waals surface area contributed by atoms with Crippen LogP contribution in [-0.4, -0.2) is 152 Å². The molecule has 5 aromatic rings. The molecular weight excluding hydrogens is 933 g/mol. The molecule has 4 amide bonds. The van der Waals surface area contributed by atoms with Crippen molar-refractivity contribution in [1.82, 2.24) is 40.3 Å². The fourth-order valence-corrected chi connectivity index (χ4v) is 9.13. The van der Waals surface area contributed by atoms with Crippen molar-refractivity contribution in [3.63, 3.8) is 0 Å². The summed E-state index contributed by atoms with van der Waals surface area (Å²) in [6.45, 7) is 9.19. The van der Waals surface area contributed by atoms with E-state index in [1.807, 2.05) is 82.1 Å². The lowest BCUT2D eigenvalue weighted by atomic mass is 9.85. The molecule has 6 rings (SSSR count). The van der Waals surface area contributed by atoms with Gasteiger partial charge in [-0.3, -0.25) is 33.9 Å². The van der Waals surface area contributed by atoms with Crippen molar-refractivity contribution in [1.29, 1.82) is 0 Å². The fourth-order valence-electron chi connectivity index (χ4n) is 8.31. The molecule has 3 aromatic heterocycles. The van der Waals surface area contributed by atoms with Gasteiger partial charge in [0, 0.05) is 63.8 Å². The van der Waals surface area contributed by atoms with Crippen molar-refractivity contribution in [2.75, 3.05) is 80.5 Å². The number of nitrogens with one attached hydrogen (secondary N) is 3. The van der Waals surface area contributed by atoms with Crippen LogP contribution >= 0.6 is 11.3 Å². The summed E-state index contributed by atoms with van der Waals surface area (Å²) in [4.78, 5) is 78.6. The van der Waals surface area contributed by atoms with Gasteiger partial charge in [-0.1, -0.05) is 45.0 Å². The van der Waals surface area contributed by atoms with E-state index >= 15 is 0 Å². The van der Waals surface area contributed by atoms with Gasteiger partial charge in [0.1, 0.15) is 30.2 Å². The second kappa shape index (κ2) is 25.2. The number of nitrogens with zero attached hydrogens (tertiary/aromatic N) is 5. The molecule has 0 spiro atoms. The van der Waals surface area contributed by atoms with E-state index in [2.05, 4.69) is 25.9 Å². The van der Waals surface area contributed by atoms with Crippen LogP contribution in [0.25, 0.3) is 32.3 Å². The highest BCUT2D eigenvalue weighted by molar-refractivity contribution is 7.13. The highest BCUT2D eigenvalue weighted by Crippen LogP contribution is 2.38. The van der Waals surface area contributed by atoms with Gasteiger partial charge in [-0.2, -0.15) is 0 Å². The van der Waals surface area contributed by atoms with Crippen molar-refractivity contribution in [3.05, 3.63) is 93.7 Å². The number of hydrogen-bond acceptors (Lipinski definition) is 15. The van der Waals surface area contributed by atoms with E-state index in [-0.39, 0.29) is 83.1 Å². The smallest absolute Gasteiger partial charge is 0.259 e. The summed E-state index contributed by atoms with van der Waals surface area (Å²) >= 11 is 1.56. The molecule has 0 bridgehead atoms. The molecule has 3 atom stereocenters. The van der Waals surface area contributed by atoms with Crippen LogP contribution in [0.2, 0.25) is 0 Å². The number of ether oxygens (including phenoxy) is 5. The van der Waals surface area contributed by atoms with Gasteiger partial charge in [-0.05, 0) is 59.7 Å². The van der Waals surface area contributed by atoms with E-state index < -0.39 is 35.4 Å². The van der Waals surface area contributed by atoms with Crippen molar-refractivity contribution in [3.8, 4) is 33.1 Å². The second-order valence-corrected chi connectivity index (χ2v) is 19.3. The van der Waals surface area contributed by atoms with Crippen LogP contribution in [0.5, 0.6) is 11.5 Å². The molecular formula is C51H66N8O11S. The van der Waals surface area contributed by atoms with Gasteiger partial charge in [0.15, 0.2) is 0 Å². The van der Waals surface area contributed by atoms with Crippen LogP contribution in [0.15, 0.2) is 71.4 Å². The number of benzene rings is 2. The third-order valence-corrected chi connectivity index (χ3v) is 13.0. The summed E-state index contributed by atoms with van der Waals surface area (Å²) in [5, 5.41) is 20.4. The summed E-state index contributed by atoms with van der Waals surface area (Å²) in [5.41, 5.74) is 6.20. The first-order valence-corrected chi connectivity index (χ1v) is 24.3. The third-order valence-electron chi connectivity index (χ3n) is 12.0. The van der Waals surface area contributed by atoms with E-state index in [0.717, 1.165) is 43.8 Å². The Hall–Kier alpha value is -6.29. The minimum Gasteiger partial charge on any atom is -0.496 e. The van der Waals surface area contributed by atoms with Crippen molar-refractivity contribution < 1.29 is 48.0 Å². The number of β-amino-alcohol motifs (C(OH)–C–C–N with tert-alkyl or cyclic N) is 1. The Bertz CT molecular complexity index is 2660. The summed E-state index contributed by atoms with van der Waals surface area (Å²) < 4.78 is 29.8. The molecule has 0 saturated carbocycles. The van der Waals surface area contributed by atoms with E-state index in [1.165, 1.54) is 9.47 Å². The van der Waals surface area contributed by atoms with Gasteiger partial charge < -0.3 is 54.2 Å². The maximum atomic E-state index is 13.9. The molecule has 1 aliphatic heterocycles. The molecule has 20 heteroatoms. The Balaban J connectivity index is 0.852. The zero-order chi connectivity index (χ0) is 51.2. The van der Waals surface area contributed by atoms with Crippen LogP contribution in [-0.2, 0) is 53.5 Å². The minimum absolute atomic E-state index is 0.0318. The largest absolute Gasteiger partial charge is 0.496 e. The molecule has 0 radical (unpaired) electrons. The number of amides is 4. The van der Waals surface area contributed by atoms with E-state index in [9.17, 15) is 29.1 Å². The average molecular weight is 999 g/mol. The summed E-state index contributed by atoms with van der Waals surface area (Å²) in [6, 6.07) is 11.5. The Morgan fingerprint density at radius 1 is 0.915 bits per heavy atom. The molecule has 4 N–H and O–H groups in total. The first kappa shape index (κ1) is 54.1. The summed E-state index contributed by atoms with van der Waals surface area (Å²) in [5.74, 6) is -0.397. The van der Waals surface area contributed by atoms with Crippen LogP contribution < -0.4 is 31.0 Å². The van der Waals surface area contributed by atoms with Crippen LogP contribution in [0.4, 0.5) is 0 Å². The van der Waals surface area contributed by atoms with Crippen molar-refractivity contribution in [2.45, 2.75) is 65.4 Å². The van der Waals surface area contributed by atoms with Crippen molar-refractivity contribution in [2.24, 2.45) is 12.5 Å². The highest BCUT2D eigenvalue weighted by Gasteiger charge is 2.44. The van der Waals surface area contributed by atoms with Gasteiger partial charge in [-0.15, -0.1) is 11.3 Å². The summed E-state index contributed by atoms with van der Waals surface area (Å²) in [6.07, 6.45) is 4.19. The molecule has 0 aliphatic carbocycles. The van der Waals surface area contributed by atoms with Gasteiger partial charge in [0.2, 0.25) is 23.6 Å². The number of aliphatic hydroxyl groups is 1. The summed E-state index contributed by atoms with van der Waals surface area (Å²) in [7, 11) is 6.67. The normalized spacial score (nSPS) is 15.2. The number of methoxy groups -OCH3 is 2. The zero-order valence-corrected chi connectivity index (χ0v) is 42.6. The third kappa shape index (κ3) is 14.4. The number of carbonyl (C=O) groups is 4. The van der Waals surface area contributed by atoms with Crippen LogP contribution in [0, 0.1) is 12.3 Å². The maximum absolute atomic E-state index is 13.9. The molecule has 1 aliphatic rings. The number of thiazole rings is 1. The number of pyridine rings is 2. The standard InChI is InChI=1S/C51H66N8O11S/c1-32-46(71-31-55-32)34-11-9-33(10-12-34)24-54-48(63)41-23-36(60)26-59(41)50(65)47(51(2,3)4)56-45(62)30-70-20-19-69-18-17-68-16-15-53-44(61)29-57(5)27-40-42(66-7)21-35(22-43(40)67-8)39-28-58(6)49(64)38-25-52-14-13-37(38)39/h9-14,21-22,25,28,31,36,41,47,60H,15-20,23-24,26-27,29-30H2,1-8H3,(H,53,61)(H,54,63)(H,56,62)/t36-,41+,47-/m1/s1.